The van der Waals surface area contributed by atoms with E-state index in [-0.39, 0.29) is 5.78 Å². The number of hydrogen-bond acceptors (Lipinski definition) is 2. The van der Waals surface area contributed by atoms with Crippen molar-refractivity contribution < 1.29 is 9.53 Å². The topological polar surface area (TPSA) is 31.2 Å². The van der Waals surface area contributed by atoms with Gasteiger partial charge in [-0.05, 0) is 37.6 Å². The van der Waals surface area contributed by atoms with E-state index in [4.69, 9.17) is 4.74 Å². The molecule has 0 aliphatic heterocycles. The molecule has 0 amide bonds. The van der Waals surface area contributed by atoms with Gasteiger partial charge in [-0.1, -0.05) is 30.3 Å². The van der Waals surface area contributed by atoms with Crippen LogP contribution in [0.1, 0.15) is 28.5 Å². The monoisotopic (exact) mass is 293 g/mol. The van der Waals surface area contributed by atoms with Crippen LogP contribution in [0.3, 0.4) is 0 Å². The Morgan fingerprint density at radius 2 is 1.77 bits per heavy atom. The molecule has 0 aliphatic carbocycles. The summed E-state index contributed by atoms with van der Waals surface area (Å²) in [6, 6.07) is 16.1. The summed E-state index contributed by atoms with van der Waals surface area (Å²) in [5.74, 6) is 0.962. The lowest BCUT2D eigenvalue weighted by Crippen LogP contribution is -2.03. The SMILES string of the molecule is COc1ccc(Cn2c(C)c(C(C)=O)c3ccccc32)cc1. The minimum atomic E-state index is 0.113. The van der Waals surface area contributed by atoms with Crippen LogP contribution >= 0.6 is 0 Å². The molecule has 0 saturated carbocycles. The van der Waals surface area contributed by atoms with Gasteiger partial charge in [0.1, 0.15) is 5.75 Å². The van der Waals surface area contributed by atoms with Crippen LogP contribution in [0.4, 0.5) is 0 Å². The Morgan fingerprint density at radius 3 is 2.41 bits per heavy atom. The Hall–Kier alpha value is -2.55. The molecule has 0 N–H and O–H groups in total. The number of nitrogens with zero attached hydrogens (tertiary/aromatic N) is 1. The average molecular weight is 293 g/mol. The van der Waals surface area contributed by atoms with Crippen LogP contribution in [0.25, 0.3) is 10.9 Å². The number of fused-ring (bicyclic) bond motifs is 1. The summed E-state index contributed by atoms with van der Waals surface area (Å²) in [6.45, 7) is 4.39. The number of para-hydroxylation sites is 1. The van der Waals surface area contributed by atoms with Gasteiger partial charge in [-0.15, -0.1) is 0 Å². The second-order valence-electron chi connectivity index (χ2n) is 5.47. The lowest BCUT2D eigenvalue weighted by atomic mass is 10.1. The van der Waals surface area contributed by atoms with Gasteiger partial charge < -0.3 is 9.30 Å². The number of ether oxygens (including phenoxy) is 1. The van der Waals surface area contributed by atoms with Crippen molar-refractivity contribution in [3.8, 4) is 5.75 Å². The summed E-state index contributed by atoms with van der Waals surface area (Å²) in [5.41, 5.74) is 4.12. The van der Waals surface area contributed by atoms with Crippen LogP contribution in [-0.4, -0.2) is 17.5 Å². The first-order valence-electron chi connectivity index (χ1n) is 7.33. The minimum Gasteiger partial charge on any atom is -0.497 e. The van der Waals surface area contributed by atoms with Gasteiger partial charge in [-0.3, -0.25) is 4.79 Å². The predicted molar refractivity (Wildman–Crippen MR) is 88.8 cm³/mol. The van der Waals surface area contributed by atoms with E-state index in [1.165, 1.54) is 5.56 Å². The Balaban J connectivity index is 2.10. The number of ketones is 1. The van der Waals surface area contributed by atoms with Gasteiger partial charge in [-0.25, -0.2) is 0 Å². The van der Waals surface area contributed by atoms with Gasteiger partial charge in [0.05, 0.1) is 7.11 Å². The largest absolute Gasteiger partial charge is 0.497 e. The van der Waals surface area contributed by atoms with E-state index in [1.54, 1.807) is 14.0 Å². The number of rotatable bonds is 4. The molecule has 2 aromatic carbocycles. The molecule has 3 heteroatoms. The van der Waals surface area contributed by atoms with Crippen molar-refractivity contribution in [2.75, 3.05) is 7.11 Å². The number of Topliss-reactive ketones (excluding diaryl/α,β-unsaturated/α-hetero) is 1. The molecule has 0 unspecified atom stereocenters. The third-order valence-electron chi connectivity index (χ3n) is 4.08. The van der Waals surface area contributed by atoms with E-state index >= 15 is 0 Å². The van der Waals surface area contributed by atoms with Crippen molar-refractivity contribution in [2.24, 2.45) is 0 Å². The lowest BCUT2D eigenvalue weighted by molar-refractivity contribution is 0.101. The summed E-state index contributed by atoms with van der Waals surface area (Å²) in [5, 5.41) is 1.03. The molecule has 22 heavy (non-hydrogen) atoms. The van der Waals surface area contributed by atoms with E-state index in [2.05, 4.69) is 22.8 Å². The molecule has 3 nitrogen and oxygen atoms in total. The van der Waals surface area contributed by atoms with E-state index < -0.39 is 0 Å². The molecular weight excluding hydrogens is 274 g/mol. The molecule has 3 rings (SSSR count). The maximum atomic E-state index is 12.0. The lowest BCUT2D eigenvalue weighted by Gasteiger charge is -2.09. The van der Waals surface area contributed by atoms with Crippen molar-refractivity contribution in [3.05, 3.63) is 65.4 Å². The first-order valence-corrected chi connectivity index (χ1v) is 7.33. The van der Waals surface area contributed by atoms with Crippen LogP contribution in [0.15, 0.2) is 48.5 Å². The van der Waals surface area contributed by atoms with Crippen molar-refractivity contribution in [1.29, 1.82) is 0 Å². The zero-order valence-electron chi connectivity index (χ0n) is 13.1. The average Bonchev–Trinajstić information content (AvgIpc) is 2.81. The van der Waals surface area contributed by atoms with Crippen LogP contribution < -0.4 is 4.74 Å². The van der Waals surface area contributed by atoms with Crippen molar-refractivity contribution in [1.82, 2.24) is 4.57 Å². The third-order valence-corrected chi connectivity index (χ3v) is 4.08. The summed E-state index contributed by atoms with van der Waals surface area (Å²) in [6.07, 6.45) is 0. The quantitative estimate of drug-likeness (QED) is 0.675. The Labute approximate surface area is 130 Å². The first-order chi connectivity index (χ1) is 10.6. The first kappa shape index (κ1) is 14.4. The van der Waals surface area contributed by atoms with Crippen LogP contribution in [0.5, 0.6) is 5.75 Å². The van der Waals surface area contributed by atoms with Gasteiger partial charge in [-0.2, -0.15) is 0 Å². The Bertz CT molecular complexity index is 829. The maximum Gasteiger partial charge on any atom is 0.162 e. The summed E-state index contributed by atoms with van der Waals surface area (Å²) in [7, 11) is 1.66. The normalized spacial score (nSPS) is 10.9. The maximum absolute atomic E-state index is 12.0. The van der Waals surface area contributed by atoms with E-state index in [0.29, 0.717) is 0 Å². The summed E-state index contributed by atoms with van der Waals surface area (Å²) >= 11 is 0. The van der Waals surface area contributed by atoms with Crippen LogP contribution in [-0.2, 0) is 6.54 Å². The van der Waals surface area contributed by atoms with E-state index in [0.717, 1.165) is 34.5 Å². The molecule has 0 spiro atoms. The van der Waals surface area contributed by atoms with Gasteiger partial charge in [0.25, 0.3) is 0 Å². The zero-order chi connectivity index (χ0) is 15.7. The number of aromatic nitrogens is 1. The third kappa shape index (κ3) is 2.39. The highest BCUT2D eigenvalue weighted by Crippen LogP contribution is 2.27. The molecule has 0 bridgehead atoms. The zero-order valence-corrected chi connectivity index (χ0v) is 13.1. The number of hydrogen-bond donors (Lipinski definition) is 0. The predicted octanol–water partition coefficient (Wildman–Crippen LogP) is 4.21. The molecule has 1 heterocycles. The number of carbonyl (C=O) groups is 1. The second kappa shape index (κ2) is 5.68. The minimum absolute atomic E-state index is 0.113. The van der Waals surface area contributed by atoms with E-state index in [1.807, 2.05) is 37.3 Å². The fraction of sp³-hybridized carbons (Fsp3) is 0.211. The molecule has 112 valence electrons. The van der Waals surface area contributed by atoms with Gasteiger partial charge >= 0.3 is 0 Å². The summed E-state index contributed by atoms with van der Waals surface area (Å²) in [4.78, 5) is 12.0. The van der Waals surface area contributed by atoms with E-state index in [9.17, 15) is 4.79 Å². The van der Waals surface area contributed by atoms with Crippen molar-refractivity contribution in [3.63, 3.8) is 0 Å². The van der Waals surface area contributed by atoms with Crippen LogP contribution in [0.2, 0.25) is 0 Å². The number of methoxy groups -OCH3 is 1. The molecule has 0 aliphatic rings. The molecule has 0 fully saturated rings. The standard InChI is InChI=1S/C19H19NO2/c1-13-19(14(2)21)17-6-4-5-7-18(17)20(13)12-15-8-10-16(22-3)11-9-15/h4-11H,12H2,1-3H3. The van der Waals surface area contributed by atoms with Crippen molar-refractivity contribution in [2.45, 2.75) is 20.4 Å². The fourth-order valence-corrected chi connectivity index (χ4v) is 2.99. The fourth-order valence-electron chi connectivity index (χ4n) is 2.99. The number of carbonyl (C=O) groups excluding carboxylic acids is 1. The Morgan fingerprint density at radius 1 is 1.09 bits per heavy atom. The van der Waals surface area contributed by atoms with Crippen molar-refractivity contribution >= 4 is 16.7 Å². The molecule has 0 radical (unpaired) electrons. The molecule has 0 saturated heterocycles. The smallest absolute Gasteiger partial charge is 0.162 e. The summed E-state index contributed by atoms with van der Waals surface area (Å²) < 4.78 is 7.40. The van der Waals surface area contributed by atoms with Gasteiger partial charge in [0.15, 0.2) is 5.78 Å². The van der Waals surface area contributed by atoms with Crippen LogP contribution in [0, 0.1) is 6.92 Å². The van der Waals surface area contributed by atoms with Gasteiger partial charge in [0, 0.05) is 28.7 Å². The molecule has 1 aromatic heterocycles. The van der Waals surface area contributed by atoms with Gasteiger partial charge in [0.2, 0.25) is 0 Å². The Kier molecular flexibility index (Phi) is 3.72. The highest BCUT2D eigenvalue weighted by Gasteiger charge is 2.16. The second-order valence-corrected chi connectivity index (χ2v) is 5.47. The number of benzene rings is 2. The molecule has 3 aromatic rings. The highest BCUT2D eigenvalue weighted by atomic mass is 16.5. The highest BCUT2D eigenvalue weighted by molar-refractivity contribution is 6.08. The molecular formula is C19H19NO2. The molecule has 0 atom stereocenters.